The van der Waals surface area contributed by atoms with Gasteiger partial charge in [-0.3, -0.25) is 9.59 Å². The molecule has 2 amide bonds. The van der Waals surface area contributed by atoms with E-state index in [1.165, 1.54) is 6.21 Å². The SMILES string of the molecule is CCOc1cc(/C=N/NC(=O)C(=O)Nc2ccc(C)cc2)ccc1OC(=O)c1ccc(Cl)cc1. The molecule has 0 aliphatic rings. The van der Waals surface area contributed by atoms with Crippen molar-refractivity contribution >= 4 is 41.3 Å². The first-order valence-electron chi connectivity index (χ1n) is 10.3. The van der Waals surface area contributed by atoms with Crippen LogP contribution in [0.4, 0.5) is 5.69 Å². The summed E-state index contributed by atoms with van der Waals surface area (Å²) in [6.07, 6.45) is 1.34. The quantitative estimate of drug-likeness (QED) is 0.172. The number of ether oxygens (including phenoxy) is 2. The Morgan fingerprint density at radius 1 is 0.941 bits per heavy atom. The number of hydrogen-bond donors (Lipinski definition) is 2. The summed E-state index contributed by atoms with van der Waals surface area (Å²) in [5.74, 6) is -1.79. The van der Waals surface area contributed by atoms with Crippen molar-refractivity contribution in [2.45, 2.75) is 13.8 Å². The summed E-state index contributed by atoms with van der Waals surface area (Å²) in [5, 5.41) is 6.80. The molecule has 9 heteroatoms. The summed E-state index contributed by atoms with van der Waals surface area (Å²) in [6, 6.07) is 18.1. The van der Waals surface area contributed by atoms with Gasteiger partial charge in [-0.05, 0) is 74.0 Å². The van der Waals surface area contributed by atoms with Crippen LogP contribution in [0.5, 0.6) is 11.5 Å². The predicted octanol–water partition coefficient (Wildman–Crippen LogP) is 4.36. The number of carbonyl (C=O) groups is 3. The van der Waals surface area contributed by atoms with Crippen LogP contribution in [0.15, 0.2) is 71.8 Å². The van der Waals surface area contributed by atoms with E-state index < -0.39 is 17.8 Å². The van der Waals surface area contributed by atoms with Crippen LogP contribution >= 0.6 is 11.6 Å². The van der Waals surface area contributed by atoms with E-state index in [0.717, 1.165) is 5.56 Å². The van der Waals surface area contributed by atoms with Crippen molar-refractivity contribution in [3.05, 3.63) is 88.4 Å². The van der Waals surface area contributed by atoms with Gasteiger partial charge >= 0.3 is 17.8 Å². The maximum absolute atomic E-state index is 12.4. The summed E-state index contributed by atoms with van der Waals surface area (Å²) in [6.45, 7) is 4.04. The molecule has 0 saturated heterocycles. The molecule has 0 spiro atoms. The molecule has 0 fully saturated rings. The number of anilines is 1. The molecule has 0 aliphatic heterocycles. The highest BCUT2D eigenvalue weighted by Gasteiger charge is 2.14. The molecule has 0 heterocycles. The Bertz CT molecular complexity index is 1210. The van der Waals surface area contributed by atoms with Crippen LogP contribution in [0, 0.1) is 6.92 Å². The minimum atomic E-state index is -0.921. The number of amides is 2. The Hall–Kier alpha value is -4.17. The van der Waals surface area contributed by atoms with Gasteiger partial charge in [0.2, 0.25) is 0 Å². The van der Waals surface area contributed by atoms with Gasteiger partial charge in [-0.15, -0.1) is 0 Å². The van der Waals surface area contributed by atoms with Gasteiger partial charge in [0.15, 0.2) is 11.5 Å². The van der Waals surface area contributed by atoms with E-state index in [-0.39, 0.29) is 5.75 Å². The Morgan fingerprint density at radius 3 is 2.32 bits per heavy atom. The fraction of sp³-hybridized carbons (Fsp3) is 0.120. The molecule has 0 atom stereocenters. The van der Waals surface area contributed by atoms with E-state index in [2.05, 4.69) is 15.8 Å². The van der Waals surface area contributed by atoms with Crippen molar-refractivity contribution in [1.29, 1.82) is 0 Å². The second-order valence-corrected chi connectivity index (χ2v) is 7.49. The number of esters is 1. The van der Waals surface area contributed by atoms with Crippen molar-refractivity contribution in [1.82, 2.24) is 5.43 Å². The number of hydrogen-bond acceptors (Lipinski definition) is 6. The van der Waals surface area contributed by atoms with Gasteiger partial charge in [-0.1, -0.05) is 29.3 Å². The van der Waals surface area contributed by atoms with Gasteiger partial charge in [-0.25, -0.2) is 10.2 Å². The smallest absolute Gasteiger partial charge is 0.343 e. The van der Waals surface area contributed by atoms with Crippen LogP contribution in [0.25, 0.3) is 0 Å². The molecule has 0 saturated carbocycles. The summed E-state index contributed by atoms with van der Waals surface area (Å²) in [5.41, 5.74) is 4.59. The Kier molecular flexibility index (Phi) is 8.37. The maximum atomic E-state index is 12.4. The molecular weight excluding hydrogens is 458 g/mol. The molecule has 3 aromatic carbocycles. The van der Waals surface area contributed by atoms with Gasteiger partial charge in [0.25, 0.3) is 0 Å². The summed E-state index contributed by atoms with van der Waals surface area (Å²) in [4.78, 5) is 36.4. The highest BCUT2D eigenvalue weighted by Crippen LogP contribution is 2.29. The third kappa shape index (κ3) is 6.91. The van der Waals surface area contributed by atoms with E-state index in [9.17, 15) is 14.4 Å². The number of nitrogens with one attached hydrogen (secondary N) is 2. The summed E-state index contributed by atoms with van der Waals surface area (Å²) in [7, 11) is 0. The van der Waals surface area contributed by atoms with Gasteiger partial charge in [0, 0.05) is 10.7 Å². The number of aryl methyl sites for hydroxylation is 1. The minimum Gasteiger partial charge on any atom is -0.490 e. The second kappa shape index (κ2) is 11.6. The molecular formula is C25H22ClN3O5. The lowest BCUT2D eigenvalue weighted by Gasteiger charge is -2.11. The molecule has 0 radical (unpaired) electrons. The normalized spacial score (nSPS) is 10.6. The first-order valence-corrected chi connectivity index (χ1v) is 10.7. The molecule has 3 aromatic rings. The second-order valence-electron chi connectivity index (χ2n) is 7.05. The van der Waals surface area contributed by atoms with Crippen LogP contribution in [0.3, 0.4) is 0 Å². The third-order valence-electron chi connectivity index (χ3n) is 4.45. The zero-order valence-corrected chi connectivity index (χ0v) is 19.3. The number of rotatable bonds is 7. The fourth-order valence-corrected chi connectivity index (χ4v) is 2.87. The van der Waals surface area contributed by atoms with Crippen LogP contribution in [0.1, 0.15) is 28.4 Å². The standard InChI is InChI=1S/C25H22ClN3O5/c1-3-33-22-14-17(6-13-21(22)34-25(32)18-7-9-19(26)10-8-18)15-27-29-24(31)23(30)28-20-11-4-16(2)5-12-20/h4-15H,3H2,1-2H3,(H,28,30)(H,29,31)/b27-15+. The lowest BCUT2D eigenvalue weighted by molar-refractivity contribution is -0.136. The Balaban J connectivity index is 1.62. The van der Waals surface area contributed by atoms with Crippen molar-refractivity contribution in [2.24, 2.45) is 5.10 Å². The number of hydrazone groups is 1. The number of halogens is 1. The van der Waals surface area contributed by atoms with E-state index in [1.54, 1.807) is 61.5 Å². The van der Waals surface area contributed by atoms with Gasteiger partial charge in [-0.2, -0.15) is 5.10 Å². The monoisotopic (exact) mass is 479 g/mol. The predicted molar refractivity (Wildman–Crippen MR) is 130 cm³/mol. The molecule has 0 bridgehead atoms. The van der Waals surface area contributed by atoms with Crippen molar-refractivity contribution in [2.75, 3.05) is 11.9 Å². The van der Waals surface area contributed by atoms with Crippen LogP contribution < -0.4 is 20.2 Å². The molecule has 2 N–H and O–H groups in total. The number of carbonyl (C=O) groups excluding carboxylic acids is 3. The van der Waals surface area contributed by atoms with Gasteiger partial charge in [0.1, 0.15) is 0 Å². The molecule has 8 nitrogen and oxygen atoms in total. The van der Waals surface area contributed by atoms with E-state index in [4.69, 9.17) is 21.1 Å². The highest BCUT2D eigenvalue weighted by atomic mass is 35.5. The molecule has 0 unspecified atom stereocenters. The van der Waals surface area contributed by atoms with E-state index in [0.29, 0.717) is 34.2 Å². The van der Waals surface area contributed by atoms with Gasteiger partial charge < -0.3 is 14.8 Å². The average Bonchev–Trinajstić information content (AvgIpc) is 2.82. The summed E-state index contributed by atoms with van der Waals surface area (Å²) >= 11 is 5.85. The van der Waals surface area contributed by atoms with Crippen molar-refractivity contribution in [3.63, 3.8) is 0 Å². The topological polar surface area (TPSA) is 106 Å². The zero-order valence-electron chi connectivity index (χ0n) is 18.5. The number of benzene rings is 3. The van der Waals surface area contributed by atoms with Gasteiger partial charge in [0.05, 0.1) is 18.4 Å². The first-order chi connectivity index (χ1) is 16.4. The van der Waals surface area contributed by atoms with E-state index in [1.807, 2.05) is 19.1 Å². The van der Waals surface area contributed by atoms with Crippen LogP contribution in [-0.4, -0.2) is 30.6 Å². The first kappa shape index (κ1) is 24.5. The van der Waals surface area contributed by atoms with Crippen LogP contribution in [-0.2, 0) is 9.59 Å². The van der Waals surface area contributed by atoms with E-state index >= 15 is 0 Å². The average molecular weight is 480 g/mol. The maximum Gasteiger partial charge on any atom is 0.343 e. The minimum absolute atomic E-state index is 0.223. The Morgan fingerprint density at radius 2 is 1.65 bits per heavy atom. The van der Waals surface area contributed by atoms with Crippen LogP contribution in [0.2, 0.25) is 5.02 Å². The molecule has 3 rings (SSSR count). The zero-order chi connectivity index (χ0) is 24.5. The fourth-order valence-electron chi connectivity index (χ4n) is 2.74. The molecule has 34 heavy (non-hydrogen) atoms. The molecule has 0 aromatic heterocycles. The lowest BCUT2D eigenvalue weighted by atomic mass is 10.2. The Labute approximate surface area is 201 Å². The molecule has 174 valence electrons. The molecule has 0 aliphatic carbocycles. The highest BCUT2D eigenvalue weighted by molar-refractivity contribution is 6.39. The largest absolute Gasteiger partial charge is 0.490 e. The lowest BCUT2D eigenvalue weighted by Crippen LogP contribution is -2.32. The third-order valence-corrected chi connectivity index (χ3v) is 4.70. The summed E-state index contributed by atoms with van der Waals surface area (Å²) < 4.78 is 11.0. The van der Waals surface area contributed by atoms with Crippen molar-refractivity contribution in [3.8, 4) is 11.5 Å². The van der Waals surface area contributed by atoms with Crippen molar-refractivity contribution < 1.29 is 23.9 Å². The number of nitrogens with zero attached hydrogens (tertiary/aromatic N) is 1.